The zero-order valence-electron chi connectivity index (χ0n) is 14.9. The van der Waals surface area contributed by atoms with Crippen LogP contribution < -0.4 is 19.7 Å². The third-order valence-corrected chi connectivity index (χ3v) is 4.11. The molecule has 1 aliphatic rings. The minimum Gasteiger partial charge on any atom is -0.493 e. The summed E-state index contributed by atoms with van der Waals surface area (Å²) in [6.45, 7) is 4.51. The molecule has 3 rings (SSSR count). The normalized spacial score (nSPS) is 15.8. The summed E-state index contributed by atoms with van der Waals surface area (Å²) in [7, 11) is 0. The molecule has 0 saturated heterocycles. The first kappa shape index (κ1) is 17.8. The molecule has 1 aliphatic heterocycles. The molecule has 26 heavy (non-hydrogen) atoms. The minimum atomic E-state index is -0.535. The van der Waals surface area contributed by atoms with Crippen LogP contribution in [0.3, 0.4) is 0 Å². The van der Waals surface area contributed by atoms with Crippen LogP contribution in [0.1, 0.15) is 20.3 Å². The summed E-state index contributed by atoms with van der Waals surface area (Å²) in [6, 6.07) is 14.7. The van der Waals surface area contributed by atoms with E-state index in [0.717, 1.165) is 11.4 Å². The van der Waals surface area contributed by atoms with E-state index in [9.17, 15) is 9.59 Å². The number of likely N-dealkylation sites (N-methyl/N-ethyl adjacent to an activating group) is 1. The maximum Gasteiger partial charge on any atom is 0.267 e. The predicted molar refractivity (Wildman–Crippen MR) is 99.7 cm³/mol. The highest BCUT2D eigenvalue weighted by atomic mass is 16.5. The number of hydrogen-bond donors (Lipinski definition) is 1. The lowest BCUT2D eigenvalue weighted by Gasteiger charge is -2.32. The maximum absolute atomic E-state index is 12.1. The lowest BCUT2D eigenvalue weighted by molar-refractivity contribution is -0.125. The Morgan fingerprint density at radius 3 is 2.73 bits per heavy atom. The molecule has 1 heterocycles. The number of ether oxygens (including phenoxy) is 2. The van der Waals surface area contributed by atoms with Crippen LogP contribution in [0.5, 0.6) is 11.5 Å². The Bertz CT molecular complexity index is 792. The van der Waals surface area contributed by atoms with Crippen molar-refractivity contribution in [2.45, 2.75) is 26.4 Å². The lowest BCUT2D eigenvalue weighted by Crippen LogP contribution is -2.44. The smallest absolute Gasteiger partial charge is 0.267 e. The third-order valence-electron chi connectivity index (χ3n) is 4.11. The largest absolute Gasteiger partial charge is 0.493 e. The zero-order valence-corrected chi connectivity index (χ0v) is 14.9. The molecule has 0 fully saturated rings. The number of fused-ring (bicyclic) bond motifs is 1. The van der Waals surface area contributed by atoms with Gasteiger partial charge in [-0.1, -0.05) is 18.2 Å². The maximum atomic E-state index is 12.1. The van der Waals surface area contributed by atoms with Crippen LogP contribution in [-0.2, 0) is 9.59 Å². The van der Waals surface area contributed by atoms with Crippen molar-refractivity contribution < 1.29 is 19.1 Å². The van der Waals surface area contributed by atoms with Gasteiger partial charge in [0.15, 0.2) is 6.10 Å². The van der Waals surface area contributed by atoms with Crippen molar-refractivity contribution in [3.05, 3.63) is 48.5 Å². The predicted octanol–water partition coefficient (Wildman–Crippen LogP) is 3.23. The fraction of sp³-hybridized carbons (Fsp3) is 0.300. The number of nitrogens with one attached hydrogen (secondary N) is 1. The van der Waals surface area contributed by atoms with Crippen LogP contribution in [0.15, 0.2) is 48.5 Å². The second-order valence-corrected chi connectivity index (χ2v) is 5.98. The Morgan fingerprint density at radius 1 is 1.23 bits per heavy atom. The van der Waals surface area contributed by atoms with Crippen LogP contribution >= 0.6 is 0 Å². The Hall–Kier alpha value is -3.02. The Balaban J connectivity index is 1.59. The first-order valence-corrected chi connectivity index (χ1v) is 8.68. The van der Waals surface area contributed by atoms with Gasteiger partial charge in [0.05, 0.1) is 18.7 Å². The summed E-state index contributed by atoms with van der Waals surface area (Å²) in [4.78, 5) is 25.9. The Morgan fingerprint density at radius 2 is 2.00 bits per heavy atom. The van der Waals surface area contributed by atoms with Gasteiger partial charge in [-0.25, -0.2) is 0 Å². The Labute approximate surface area is 152 Å². The van der Waals surface area contributed by atoms with E-state index in [0.29, 0.717) is 24.6 Å². The number of carbonyl (C=O) groups excluding carboxylic acids is 2. The molecule has 2 aromatic carbocycles. The number of para-hydroxylation sites is 1. The number of carbonyl (C=O) groups is 2. The molecule has 0 radical (unpaired) electrons. The van der Waals surface area contributed by atoms with E-state index in [2.05, 4.69) is 5.32 Å². The van der Waals surface area contributed by atoms with Gasteiger partial charge < -0.3 is 19.7 Å². The molecule has 6 heteroatoms. The van der Waals surface area contributed by atoms with Crippen molar-refractivity contribution in [2.24, 2.45) is 0 Å². The average molecular weight is 354 g/mol. The van der Waals surface area contributed by atoms with Gasteiger partial charge in [-0.3, -0.25) is 9.59 Å². The molecular formula is C20H22N2O4. The van der Waals surface area contributed by atoms with Gasteiger partial charge in [0, 0.05) is 18.3 Å². The number of hydrogen-bond acceptors (Lipinski definition) is 4. The van der Waals surface area contributed by atoms with Crippen molar-refractivity contribution in [3.63, 3.8) is 0 Å². The van der Waals surface area contributed by atoms with E-state index in [1.54, 1.807) is 30.0 Å². The number of nitrogens with zero attached hydrogens (tertiary/aromatic N) is 1. The van der Waals surface area contributed by atoms with Gasteiger partial charge >= 0.3 is 0 Å². The van der Waals surface area contributed by atoms with Crippen molar-refractivity contribution in [1.29, 1.82) is 0 Å². The van der Waals surface area contributed by atoms with E-state index in [4.69, 9.17) is 9.47 Å². The molecule has 0 aromatic heterocycles. The summed E-state index contributed by atoms with van der Waals surface area (Å²) in [5.74, 6) is 1.13. The summed E-state index contributed by atoms with van der Waals surface area (Å²) >= 11 is 0. The van der Waals surface area contributed by atoms with Crippen LogP contribution in [0.2, 0.25) is 0 Å². The van der Waals surface area contributed by atoms with E-state index < -0.39 is 6.10 Å². The summed E-state index contributed by atoms with van der Waals surface area (Å²) in [6.07, 6.45) is -0.296. The lowest BCUT2D eigenvalue weighted by atomic mass is 10.1. The van der Waals surface area contributed by atoms with Gasteiger partial charge in [-0.2, -0.15) is 0 Å². The highest BCUT2D eigenvalue weighted by Crippen LogP contribution is 2.36. The second kappa shape index (κ2) is 7.91. The van der Waals surface area contributed by atoms with Crippen molar-refractivity contribution in [2.75, 3.05) is 23.4 Å². The molecule has 2 amide bonds. The molecule has 6 nitrogen and oxygen atoms in total. The molecule has 0 aliphatic carbocycles. The van der Waals surface area contributed by atoms with Gasteiger partial charge in [0.2, 0.25) is 5.91 Å². The average Bonchev–Trinajstić information content (AvgIpc) is 2.64. The van der Waals surface area contributed by atoms with E-state index in [1.807, 2.05) is 37.3 Å². The first-order valence-electron chi connectivity index (χ1n) is 8.68. The molecule has 136 valence electrons. The standard InChI is InChI=1S/C20H22N2O4/c1-3-22-17-10-9-15(13-18(17)26-14(2)20(22)24)21-19(23)11-12-25-16-7-5-4-6-8-16/h4-10,13-14H,3,11-12H2,1-2H3,(H,21,23). The van der Waals surface area contributed by atoms with Crippen molar-refractivity contribution in [1.82, 2.24) is 0 Å². The topological polar surface area (TPSA) is 67.9 Å². The van der Waals surface area contributed by atoms with E-state index >= 15 is 0 Å². The molecule has 0 saturated carbocycles. The highest BCUT2D eigenvalue weighted by Gasteiger charge is 2.30. The minimum absolute atomic E-state index is 0.0603. The highest BCUT2D eigenvalue weighted by molar-refractivity contribution is 6.00. The zero-order chi connectivity index (χ0) is 18.5. The quantitative estimate of drug-likeness (QED) is 0.865. The molecule has 1 N–H and O–H groups in total. The van der Waals surface area contributed by atoms with Crippen LogP contribution in [0.4, 0.5) is 11.4 Å². The third kappa shape index (κ3) is 3.96. The molecule has 1 atom stereocenters. The fourth-order valence-corrected chi connectivity index (χ4v) is 2.82. The SMILES string of the molecule is CCN1C(=O)C(C)Oc2cc(NC(=O)CCOc3ccccc3)ccc21. The monoisotopic (exact) mass is 354 g/mol. The van der Waals surface area contributed by atoms with Gasteiger partial charge in [-0.15, -0.1) is 0 Å². The number of amides is 2. The van der Waals surface area contributed by atoms with E-state index in [-0.39, 0.29) is 18.2 Å². The molecule has 2 aromatic rings. The van der Waals surface area contributed by atoms with Gasteiger partial charge in [-0.05, 0) is 38.1 Å². The van der Waals surface area contributed by atoms with Crippen molar-refractivity contribution >= 4 is 23.2 Å². The van der Waals surface area contributed by atoms with Gasteiger partial charge in [0.25, 0.3) is 5.91 Å². The fourth-order valence-electron chi connectivity index (χ4n) is 2.82. The van der Waals surface area contributed by atoms with Crippen molar-refractivity contribution in [3.8, 4) is 11.5 Å². The number of anilines is 2. The summed E-state index contributed by atoms with van der Waals surface area (Å²) < 4.78 is 11.2. The molecule has 0 bridgehead atoms. The Kier molecular flexibility index (Phi) is 5.41. The summed E-state index contributed by atoms with van der Waals surface area (Å²) in [5.41, 5.74) is 1.35. The molecular weight excluding hydrogens is 332 g/mol. The van der Waals surface area contributed by atoms with Crippen LogP contribution in [0, 0.1) is 0 Å². The second-order valence-electron chi connectivity index (χ2n) is 5.98. The molecule has 0 spiro atoms. The number of benzene rings is 2. The summed E-state index contributed by atoms with van der Waals surface area (Å²) in [5, 5.41) is 2.83. The van der Waals surface area contributed by atoms with Crippen LogP contribution in [0.25, 0.3) is 0 Å². The van der Waals surface area contributed by atoms with Crippen LogP contribution in [-0.4, -0.2) is 31.1 Å². The molecule has 1 unspecified atom stereocenters. The first-order chi connectivity index (χ1) is 12.6. The van der Waals surface area contributed by atoms with Gasteiger partial charge in [0.1, 0.15) is 11.5 Å². The van der Waals surface area contributed by atoms with E-state index in [1.165, 1.54) is 0 Å². The number of rotatable bonds is 6.